The Balaban J connectivity index is 1.63. The van der Waals surface area contributed by atoms with Crippen molar-refractivity contribution in [3.63, 3.8) is 0 Å². The second kappa shape index (κ2) is 8.02. The first-order valence-corrected chi connectivity index (χ1v) is 9.21. The summed E-state index contributed by atoms with van der Waals surface area (Å²) < 4.78 is 53.7. The zero-order valence-corrected chi connectivity index (χ0v) is 15.7. The molecule has 3 aromatic carbocycles. The first-order chi connectivity index (χ1) is 14.4. The normalized spacial score (nSPS) is 11.5. The molecule has 0 atom stereocenters. The van der Waals surface area contributed by atoms with Crippen molar-refractivity contribution in [2.24, 2.45) is 0 Å². The van der Waals surface area contributed by atoms with Crippen molar-refractivity contribution in [3.8, 4) is 16.8 Å². The van der Waals surface area contributed by atoms with Gasteiger partial charge in [0.15, 0.2) is 5.82 Å². The van der Waals surface area contributed by atoms with Gasteiger partial charge < -0.3 is 5.32 Å². The van der Waals surface area contributed by atoms with Crippen LogP contribution in [0.4, 0.5) is 23.4 Å². The van der Waals surface area contributed by atoms with E-state index in [1.54, 1.807) is 23.0 Å². The molecule has 0 spiro atoms. The van der Waals surface area contributed by atoms with Gasteiger partial charge in [-0.2, -0.15) is 13.2 Å². The molecule has 1 N–H and O–H groups in total. The molecule has 30 heavy (non-hydrogen) atoms. The maximum Gasteiger partial charge on any atom is 0.416 e. The number of rotatable bonds is 5. The zero-order valence-electron chi connectivity index (χ0n) is 15.7. The second-order valence-electron chi connectivity index (χ2n) is 6.73. The molecule has 1 heterocycles. The SMILES string of the molecule is Fc1cccc(-c2cn(-c3ccccc3)nc2NCc2ccc(C(F)(F)F)cc2)c1. The Labute approximate surface area is 170 Å². The minimum absolute atomic E-state index is 0.270. The molecule has 0 radical (unpaired) electrons. The standard InChI is InChI=1S/C23H17F4N3/c24-19-6-4-5-17(13-19)21-15-30(20-7-2-1-3-8-20)29-22(21)28-14-16-9-11-18(12-10-16)23(25,26)27/h1-13,15H,14H2,(H,28,29). The van der Waals surface area contributed by atoms with Crippen LogP contribution in [0.25, 0.3) is 16.8 Å². The van der Waals surface area contributed by atoms with Crippen LogP contribution in [-0.2, 0) is 12.7 Å². The number of nitrogens with zero attached hydrogens (tertiary/aromatic N) is 2. The lowest BCUT2D eigenvalue weighted by Crippen LogP contribution is -2.06. The van der Waals surface area contributed by atoms with Gasteiger partial charge in [-0.05, 0) is 47.5 Å². The van der Waals surface area contributed by atoms with Crippen LogP contribution in [0.3, 0.4) is 0 Å². The van der Waals surface area contributed by atoms with Gasteiger partial charge in [0, 0.05) is 18.3 Å². The van der Waals surface area contributed by atoms with E-state index in [1.807, 2.05) is 30.3 Å². The summed E-state index contributed by atoms with van der Waals surface area (Å²) in [6.07, 6.45) is -2.58. The van der Waals surface area contributed by atoms with Crippen molar-refractivity contribution in [3.05, 3.63) is 102 Å². The molecule has 7 heteroatoms. The van der Waals surface area contributed by atoms with E-state index in [2.05, 4.69) is 10.4 Å². The fourth-order valence-electron chi connectivity index (χ4n) is 3.08. The van der Waals surface area contributed by atoms with E-state index in [4.69, 9.17) is 0 Å². The summed E-state index contributed by atoms with van der Waals surface area (Å²) in [7, 11) is 0. The summed E-state index contributed by atoms with van der Waals surface area (Å²) in [5, 5.41) is 7.72. The Morgan fingerprint density at radius 3 is 2.27 bits per heavy atom. The highest BCUT2D eigenvalue weighted by molar-refractivity contribution is 5.75. The number of halogens is 4. The van der Waals surface area contributed by atoms with Gasteiger partial charge in [-0.3, -0.25) is 0 Å². The fourth-order valence-corrected chi connectivity index (χ4v) is 3.08. The average Bonchev–Trinajstić information content (AvgIpc) is 3.17. The molecular weight excluding hydrogens is 394 g/mol. The topological polar surface area (TPSA) is 29.9 Å². The van der Waals surface area contributed by atoms with E-state index in [9.17, 15) is 17.6 Å². The van der Waals surface area contributed by atoms with E-state index in [-0.39, 0.29) is 12.4 Å². The summed E-state index contributed by atoms with van der Waals surface area (Å²) >= 11 is 0. The maximum atomic E-state index is 13.8. The van der Waals surface area contributed by atoms with E-state index in [0.717, 1.165) is 17.8 Å². The van der Waals surface area contributed by atoms with Crippen molar-refractivity contribution in [1.29, 1.82) is 0 Å². The van der Waals surface area contributed by atoms with Crippen LogP contribution < -0.4 is 5.32 Å². The Morgan fingerprint density at radius 2 is 1.60 bits per heavy atom. The van der Waals surface area contributed by atoms with Gasteiger partial charge in [0.2, 0.25) is 0 Å². The molecule has 0 bridgehead atoms. The van der Waals surface area contributed by atoms with E-state index >= 15 is 0 Å². The van der Waals surface area contributed by atoms with Crippen molar-refractivity contribution in [2.45, 2.75) is 12.7 Å². The molecule has 0 amide bonds. The van der Waals surface area contributed by atoms with Crippen molar-refractivity contribution in [2.75, 3.05) is 5.32 Å². The molecule has 152 valence electrons. The third kappa shape index (κ3) is 4.35. The highest BCUT2D eigenvalue weighted by Gasteiger charge is 2.29. The molecule has 4 rings (SSSR count). The van der Waals surface area contributed by atoms with Gasteiger partial charge in [-0.1, -0.05) is 42.5 Å². The second-order valence-corrected chi connectivity index (χ2v) is 6.73. The van der Waals surface area contributed by atoms with Gasteiger partial charge in [0.25, 0.3) is 0 Å². The summed E-state index contributed by atoms with van der Waals surface area (Å²) in [4.78, 5) is 0. The van der Waals surface area contributed by atoms with Gasteiger partial charge in [0.1, 0.15) is 5.82 Å². The predicted octanol–water partition coefficient (Wildman–Crippen LogP) is 6.31. The Morgan fingerprint density at radius 1 is 0.867 bits per heavy atom. The van der Waals surface area contributed by atoms with Crippen LogP contribution in [0.5, 0.6) is 0 Å². The number of anilines is 1. The van der Waals surface area contributed by atoms with Gasteiger partial charge in [-0.15, -0.1) is 5.10 Å². The molecule has 4 aromatic rings. The highest BCUT2D eigenvalue weighted by atomic mass is 19.4. The molecule has 0 aliphatic heterocycles. The fraction of sp³-hybridized carbons (Fsp3) is 0.0870. The van der Waals surface area contributed by atoms with Crippen molar-refractivity contribution < 1.29 is 17.6 Å². The monoisotopic (exact) mass is 411 g/mol. The lowest BCUT2D eigenvalue weighted by atomic mass is 10.1. The van der Waals surface area contributed by atoms with Gasteiger partial charge in [0.05, 0.1) is 11.3 Å². The number of alkyl halides is 3. The van der Waals surface area contributed by atoms with Crippen LogP contribution in [-0.4, -0.2) is 9.78 Å². The lowest BCUT2D eigenvalue weighted by Gasteiger charge is -2.09. The van der Waals surface area contributed by atoms with E-state index in [1.165, 1.54) is 24.3 Å². The third-order valence-corrected chi connectivity index (χ3v) is 4.61. The number of aromatic nitrogens is 2. The van der Waals surface area contributed by atoms with E-state index < -0.39 is 11.7 Å². The number of hydrogen-bond acceptors (Lipinski definition) is 2. The first-order valence-electron chi connectivity index (χ1n) is 9.21. The van der Waals surface area contributed by atoms with Crippen LogP contribution in [0.15, 0.2) is 85.1 Å². The molecule has 0 aliphatic rings. The quantitative estimate of drug-likeness (QED) is 0.390. The van der Waals surface area contributed by atoms with Gasteiger partial charge >= 0.3 is 6.18 Å². The summed E-state index contributed by atoms with van der Waals surface area (Å²) in [6, 6.07) is 20.5. The van der Waals surface area contributed by atoms with Crippen molar-refractivity contribution >= 4 is 5.82 Å². The molecule has 0 fully saturated rings. The minimum Gasteiger partial charge on any atom is -0.364 e. The molecule has 0 unspecified atom stereocenters. The zero-order chi connectivity index (χ0) is 21.1. The average molecular weight is 411 g/mol. The Bertz CT molecular complexity index is 1130. The third-order valence-electron chi connectivity index (χ3n) is 4.61. The van der Waals surface area contributed by atoms with Crippen LogP contribution in [0, 0.1) is 5.82 Å². The van der Waals surface area contributed by atoms with Crippen molar-refractivity contribution in [1.82, 2.24) is 9.78 Å². The molecule has 0 saturated heterocycles. The smallest absolute Gasteiger partial charge is 0.364 e. The number of nitrogens with one attached hydrogen (secondary N) is 1. The number of hydrogen-bond donors (Lipinski definition) is 1. The number of benzene rings is 3. The molecular formula is C23H17F4N3. The largest absolute Gasteiger partial charge is 0.416 e. The van der Waals surface area contributed by atoms with E-state index in [0.29, 0.717) is 22.5 Å². The summed E-state index contributed by atoms with van der Waals surface area (Å²) in [5.74, 6) is 0.137. The molecule has 0 saturated carbocycles. The predicted molar refractivity (Wildman–Crippen MR) is 108 cm³/mol. The summed E-state index contributed by atoms with van der Waals surface area (Å²) in [5.41, 5.74) is 2.14. The summed E-state index contributed by atoms with van der Waals surface area (Å²) in [6.45, 7) is 0.270. The molecule has 0 aliphatic carbocycles. The maximum absolute atomic E-state index is 13.8. The number of para-hydroxylation sites is 1. The van der Waals surface area contributed by atoms with Crippen LogP contribution in [0.1, 0.15) is 11.1 Å². The highest BCUT2D eigenvalue weighted by Crippen LogP contribution is 2.31. The Hall–Kier alpha value is -3.61. The van der Waals surface area contributed by atoms with Crippen LogP contribution >= 0.6 is 0 Å². The van der Waals surface area contributed by atoms with Crippen LogP contribution in [0.2, 0.25) is 0 Å². The lowest BCUT2D eigenvalue weighted by molar-refractivity contribution is -0.137. The molecule has 3 nitrogen and oxygen atoms in total. The van der Waals surface area contributed by atoms with Gasteiger partial charge in [-0.25, -0.2) is 9.07 Å². The Kier molecular flexibility index (Phi) is 5.27. The first kappa shape index (κ1) is 19.7. The molecule has 1 aromatic heterocycles. The minimum atomic E-state index is -4.37.